The van der Waals surface area contributed by atoms with E-state index in [1.807, 2.05) is 48.5 Å². The Bertz CT molecular complexity index is 869. The molecule has 144 valence electrons. The molecule has 0 unspecified atom stereocenters. The zero-order chi connectivity index (χ0) is 19.6. The fraction of sp³-hybridized carbons (Fsp3) is 0.217. The van der Waals surface area contributed by atoms with Gasteiger partial charge >= 0.3 is 0 Å². The molecule has 0 saturated carbocycles. The van der Waals surface area contributed by atoms with Gasteiger partial charge in [0.25, 0.3) is 5.91 Å². The van der Waals surface area contributed by atoms with Crippen LogP contribution in [0.3, 0.4) is 0 Å². The Hall–Kier alpha value is -3.18. The van der Waals surface area contributed by atoms with Crippen molar-refractivity contribution in [1.82, 2.24) is 10.0 Å². The molecule has 28 heavy (non-hydrogen) atoms. The number of hydroxylamine groups is 2. The summed E-state index contributed by atoms with van der Waals surface area (Å²) in [5.41, 5.74) is 3.74. The largest absolute Gasteiger partial charge is 0.380 e. The summed E-state index contributed by atoms with van der Waals surface area (Å²) in [5, 5.41) is 4.64. The molecule has 5 heteroatoms. The van der Waals surface area contributed by atoms with E-state index in [9.17, 15) is 4.79 Å². The molecule has 5 nitrogen and oxygen atoms in total. The summed E-state index contributed by atoms with van der Waals surface area (Å²) in [5.74, 6) is -0.169. The summed E-state index contributed by atoms with van der Waals surface area (Å²) >= 11 is 0. The molecule has 0 aliphatic rings. The second kappa shape index (κ2) is 10.2. The smallest absolute Gasteiger partial charge is 0.279 e. The average molecular weight is 375 g/mol. The first-order chi connectivity index (χ1) is 13.7. The van der Waals surface area contributed by atoms with Crippen molar-refractivity contribution in [3.63, 3.8) is 0 Å². The van der Waals surface area contributed by atoms with Gasteiger partial charge in [-0.3, -0.25) is 14.6 Å². The maximum atomic E-state index is 12.8. The molecule has 0 atom stereocenters. The van der Waals surface area contributed by atoms with Crippen LogP contribution in [0, 0.1) is 0 Å². The lowest BCUT2D eigenvalue weighted by Crippen LogP contribution is -2.28. The highest BCUT2D eigenvalue weighted by Crippen LogP contribution is 2.18. The molecule has 2 aromatic carbocycles. The highest BCUT2D eigenvalue weighted by Gasteiger charge is 2.16. The van der Waals surface area contributed by atoms with Crippen molar-refractivity contribution in [3.8, 4) is 0 Å². The molecule has 0 saturated heterocycles. The minimum Gasteiger partial charge on any atom is -0.380 e. The second-order valence-electron chi connectivity index (χ2n) is 6.48. The van der Waals surface area contributed by atoms with Gasteiger partial charge < -0.3 is 5.32 Å². The van der Waals surface area contributed by atoms with Crippen LogP contribution in [0.25, 0.3) is 0 Å². The van der Waals surface area contributed by atoms with E-state index in [4.69, 9.17) is 4.84 Å². The number of anilines is 1. The highest BCUT2D eigenvalue weighted by atomic mass is 16.7. The van der Waals surface area contributed by atoms with Crippen LogP contribution in [0.5, 0.6) is 0 Å². The summed E-state index contributed by atoms with van der Waals surface area (Å²) in [6, 6.07) is 21.6. The minimum absolute atomic E-state index is 0.169. The van der Waals surface area contributed by atoms with E-state index < -0.39 is 0 Å². The Morgan fingerprint density at radius 3 is 2.46 bits per heavy atom. The van der Waals surface area contributed by atoms with E-state index in [-0.39, 0.29) is 5.91 Å². The molecule has 1 heterocycles. The minimum atomic E-state index is -0.169. The highest BCUT2D eigenvalue weighted by molar-refractivity contribution is 5.98. The van der Waals surface area contributed by atoms with Crippen molar-refractivity contribution >= 4 is 11.6 Å². The van der Waals surface area contributed by atoms with Crippen LogP contribution in [-0.4, -0.2) is 29.6 Å². The number of carbonyl (C=O) groups is 1. The molecule has 0 aliphatic heterocycles. The predicted octanol–water partition coefficient (Wildman–Crippen LogP) is 4.33. The molecule has 1 amide bonds. The van der Waals surface area contributed by atoms with Gasteiger partial charge in [-0.05, 0) is 48.2 Å². The molecule has 3 aromatic rings. The van der Waals surface area contributed by atoms with Crippen molar-refractivity contribution in [2.75, 3.05) is 19.0 Å². The lowest BCUT2D eigenvalue weighted by molar-refractivity contribution is -0.106. The van der Waals surface area contributed by atoms with Gasteiger partial charge in [-0.1, -0.05) is 42.5 Å². The SMILES string of the molecule is CN(OCCCc1ccccc1)C(=O)c1ccccc1NCc1ccncc1. The maximum Gasteiger partial charge on any atom is 0.279 e. The standard InChI is InChI=1S/C23H25N3O2/c1-26(28-17-7-10-19-8-3-2-4-9-19)23(27)21-11-5-6-12-22(21)25-18-20-13-15-24-16-14-20/h2-6,8-9,11-16,25H,7,10,17-18H2,1H3. The van der Waals surface area contributed by atoms with Crippen molar-refractivity contribution in [1.29, 1.82) is 0 Å². The average Bonchev–Trinajstić information content (AvgIpc) is 2.76. The fourth-order valence-corrected chi connectivity index (χ4v) is 2.87. The third-order valence-electron chi connectivity index (χ3n) is 4.41. The third-order valence-corrected chi connectivity index (χ3v) is 4.41. The summed E-state index contributed by atoms with van der Waals surface area (Å²) in [7, 11) is 1.66. The Labute approximate surface area is 165 Å². The zero-order valence-corrected chi connectivity index (χ0v) is 16.0. The number of rotatable bonds is 9. The zero-order valence-electron chi connectivity index (χ0n) is 16.0. The number of nitrogens with zero attached hydrogens (tertiary/aromatic N) is 2. The lowest BCUT2D eigenvalue weighted by atomic mass is 10.1. The summed E-state index contributed by atoms with van der Waals surface area (Å²) in [4.78, 5) is 22.5. The number of aryl methyl sites for hydroxylation is 1. The molecule has 0 aliphatic carbocycles. The van der Waals surface area contributed by atoms with Gasteiger partial charge in [0.15, 0.2) is 0 Å². The van der Waals surface area contributed by atoms with Gasteiger partial charge in [-0.15, -0.1) is 0 Å². The van der Waals surface area contributed by atoms with Crippen molar-refractivity contribution in [2.24, 2.45) is 0 Å². The molecule has 1 N–H and O–H groups in total. The van der Waals surface area contributed by atoms with Crippen LogP contribution in [-0.2, 0) is 17.8 Å². The van der Waals surface area contributed by atoms with Gasteiger partial charge in [-0.25, -0.2) is 5.06 Å². The van der Waals surface area contributed by atoms with E-state index >= 15 is 0 Å². The molecule has 3 rings (SSSR count). The van der Waals surface area contributed by atoms with Gasteiger partial charge in [-0.2, -0.15) is 0 Å². The fourth-order valence-electron chi connectivity index (χ4n) is 2.87. The van der Waals surface area contributed by atoms with E-state index in [2.05, 4.69) is 22.4 Å². The van der Waals surface area contributed by atoms with E-state index in [0.29, 0.717) is 18.7 Å². The topological polar surface area (TPSA) is 54.5 Å². The number of carbonyl (C=O) groups excluding carboxylic acids is 1. The Balaban J connectivity index is 1.52. The number of nitrogens with one attached hydrogen (secondary N) is 1. The number of benzene rings is 2. The van der Waals surface area contributed by atoms with Crippen molar-refractivity contribution in [3.05, 3.63) is 95.8 Å². The molecule has 0 spiro atoms. The van der Waals surface area contributed by atoms with Crippen LogP contribution >= 0.6 is 0 Å². The predicted molar refractivity (Wildman–Crippen MR) is 111 cm³/mol. The number of para-hydroxylation sites is 1. The number of pyridine rings is 1. The van der Waals surface area contributed by atoms with Crippen molar-refractivity contribution < 1.29 is 9.63 Å². The molecule has 1 aromatic heterocycles. The van der Waals surface area contributed by atoms with Gasteiger partial charge in [0.1, 0.15) is 0 Å². The number of aromatic nitrogens is 1. The summed E-state index contributed by atoms with van der Waals surface area (Å²) in [6.07, 6.45) is 5.28. The first-order valence-corrected chi connectivity index (χ1v) is 9.41. The molecule has 0 bridgehead atoms. The summed E-state index contributed by atoms with van der Waals surface area (Å²) in [6.45, 7) is 1.11. The normalized spacial score (nSPS) is 10.5. The Morgan fingerprint density at radius 1 is 0.964 bits per heavy atom. The van der Waals surface area contributed by atoms with Gasteiger partial charge in [0.2, 0.25) is 0 Å². The first kappa shape index (κ1) is 19.6. The van der Waals surface area contributed by atoms with E-state index in [1.165, 1.54) is 10.6 Å². The van der Waals surface area contributed by atoms with Crippen molar-refractivity contribution in [2.45, 2.75) is 19.4 Å². The van der Waals surface area contributed by atoms with Crippen LogP contribution in [0.2, 0.25) is 0 Å². The molecule has 0 radical (unpaired) electrons. The second-order valence-corrected chi connectivity index (χ2v) is 6.48. The first-order valence-electron chi connectivity index (χ1n) is 9.41. The Morgan fingerprint density at radius 2 is 1.68 bits per heavy atom. The number of hydrogen-bond donors (Lipinski definition) is 1. The van der Waals surface area contributed by atoms with Gasteiger partial charge in [0.05, 0.1) is 12.2 Å². The summed E-state index contributed by atoms with van der Waals surface area (Å²) < 4.78 is 0. The monoisotopic (exact) mass is 375 g/mol. The van der Waals surface area contributed by atoms with Gasteiger partial charge in [0, 0.05) is 31.7 Å². The Kier molecular flexibility index (Phi) is 7.15. The quantitative estimate of drug-likeness (QED) is 0.447. The van der Waals surface area contributed by atoms with Crippen LogP contribution < -0.4 is 5.32 Å². The van der Waals surface area contributed by atoms with E-state index in [1.54, 1.807) is 25.5 Å². The number of amides is 1. The number of hydrogen-bond acceptors (Lipinski definition) is 4. The van der Waals surface area contributed by atoms with Crippen LogP contribution in [0.15, 0.2) is 79.1 Å². The molecular formula is C23H25N3O2. The third kappa shape index (κ3) is 5.66. The van der Waals surface area contributed by atoms with Crippen LogP contribution in [0.4, 0.5) is 5.69 Å². The molecular weight excluding hydrogens is 350 g/mol. The lowest BCUT2D eigenvalue weighted by Gasteiger charge is -2.19. The van der Waals surface area contributed by atoms with E-state index in [0.717, 1.165) is 24.1 Å². The van der Waals surface area contributed by atoms with Crippen LogP contribution in [0.1, 0.15) is 27.9 Å². The maximum absolute atomic E-state index is 12.8. The molecule has 0 fully saturated rings.